The van der Waals surface area contributed by atoms with E-state index < -0.39 is 32.5 Å². The highest BCUT2D eigenvalue weighted by molar-refractivity contribution is 7.85. The van der Waals surface area contributed by atoms with Crippen LogP contribution in [-0.2, 0) is 10.1 Å². The van der Waals surface area contributed by atoms with Gasteiger partial charge in [-0.3, -0.25) is 9.35 Å². The number of nitrogen functional groups attached to an aromatic ring is 1. The summed E-state index contributed by atoms with van der Waals surface area (Å²) in [6, 6.07) is 8.85. The van der Waals surface area contributed by atoms with Crippen molar-refractivity contribution in [2.75, 3.05) is 11.1 Å². The van der Waals surface area contributed by atoms with Crippen LogP contribution in [-0.4, -0.2) is 30.0 Å². The summed E-state index contributed by atoms with van der Waals surface area (Å²) < 4.78 is 31.1. The molecule has 0 heterocycles. The highest BCUT2D eigenvalue weighted by Crippen LogP contribution is 2.21. The molecule has 23 heavy (non-hydrogen) atoms. The molecule has 8 nitrogen and oxygen atoms in total. The van der Waals surface area contributed by atoms with Crippen LogP contribution in [0, 0.1) is 0 Å². The van der Waals surface area contributed by atoms with E-state index in [2.05, 4.69) is 5.32 Å². The molecule has 1 amide bonds. The number of carbonyl (C=O) groups excluding carboxylic acids is 1. The number of carbonyl (C=O) groups is 2. The Morgan fingerprint density at radius 3 is 2.35 bits per heavy atom. The molecule has 0 aliphatic carbocycles. The Bertz CT molecular complexity index is 892. The Morgan fingerprint density at radius 1 is 1.09 bits per heavy atom. The third-order valence-corrected chi connectivity index (χ3v) is 3.77. The molecular weight excluding hydrogens is 324 g/mol. The summed E-state index contributed by atoms with van der Waals surface area (Å²) in [5, 5.41) is 11.5. The molecule has 0 saturated heterocycles. The van der Waals surface area contributed by atoms with Crippen LogP contribution in [0.3, 0.4) is 0 Å². The van der Waals surface area contributed by atoms with Gasteiger partial charge in [0.2, 0.25) is 0 Å². The molecule has 0 saturated carbocycles. The van der Waals surface area contributed by atoms with E-state index in [1.54, 1.807) is 12.1 Å². The van der Waals surface area contributed by atoms with E-state index in [0.29, 0.717) is 5.69 Å². The van der Waals surface area contributed by atoms with Gasteiger partial charge in [0.1, 0.15) is 0 Å². The lowest BCUT2D eigenvalue weighted by Crippen LogP contribution is -2.15. The summed E-state index contributed by atoms with van der Waals surface area (Å²) in [5.41, 5.74) is 5.55. The van der Waals surface area contributed by atoms with Gasteiger partial charge < -0.3 is 16.2 Å². The number of carboxylic acid groups (broad SMARTS) is 1. The molecule has 0 unspecified atom stereocenters. The second-order valence-electron chi connectivity index (χ2n) is 4.57. The smallest absolute Gasteiger partial charge is 0.337 e. The fraction of sp³-hybridized carbons (Fsp3) is 0. The van der Waals surface area contributed by atoms with E-state index in [-0.39, 0.29) is 11.3 Å². The van der Waals surface area contributed by atoms with Crippen LogP contribution < -0.4 is 11.1 Å². The average Bonchev–Trinajstić information content (AvgIpc) is 2.46. The van der Waals surface area contributed by atoms with Gasteiger partial charge in [-0.15, -0.1) is 0 Å². The van der Waals surface area contributed by atoms with Crippen molar-refractivity contribution < 1.29 is 27.7 Å². The summed E-state index contributed by atoms with van der Waals surface area (Å²) in [4.78, 5) is 22.7. The zero-order chi connectivity index (χ0) is 17.2. The van der Waals surface area contributed by atoms with Crippen LogP contribution in [0.15, 0.2) is 47.4 Å². The molecule has 0 radical (unpaired) electrons. The molecule has 0 spiro atoms. The lowest BCUT2D eigenvalue weighted by atomic mass is 10.1. The predicted molar refractivity (Wildman–Crippen MR) is 82.0 cm³/mol. The number of nitrogens with one attached hydrogen (secondary N) is 1. The summed E-state index contributed by atoms with van der Waals surface area (Å²) >= 11 is 0. The van der Waals surface area contributed by atoms with E-state index in [9.17, 15) is 18.0 Å². The third kappa shape index (κ3) is 3.84. The molecular formula is C14H12N2O6S. The molecule has 0 fully saturated rings. The van der Waals surface area contributed by atoms with Gasteiger partial charge in [0.05, 0.1) is 16.1 Å². The first-order valence-electron chi connectivity index (χ1n) is 6.20. The number of hydrogen-bond acceptors (Lipinski definition) is 5. The minimum absolute atomic E-state index is 0.114. The van der Waals surface area contributed by atoms with Crippen molar-refractivity contribution in [3.05, 3.63) is 53.6 Å². The van der Waals surface area contributed by atoms with E-state index in [4.69, 9.17) is 15.4 Å². The van der Waals surface area contributed by atoms with Crippen LogP contribution in [0.2, 0.25) is 0 Å². The number of carboxylic acids is 1. The van der Waals surface area contributed by atoms with Crippen LogP contribution in [0.4, 0.5) is 11.4 Å². The molecule has 0 aromatic heterocycles. The maximum Gasteiger partial charge on any atom is 0.337 e. The van der Waals surface area contributed by atoms with Crippen LogP contribution in [0.1, 0.15) is 20.7 Å². The first kappa shape index (κ1) is 16.5. The van der Waals surface area contributed by atoms with Crippen LogP contribution in [0.5, 0.6) is 0 Å². The van der Waals surface area contributed by atoms with E-state index in [1.807, 2.05) is 0 Å². The van der Waals surface area contributed by atoms with E-state index in [1.165, 1.54) is 12.1 Å². The first-order chi connectivity index (χ1) is 10.7. The fourth-order valence-electron chi connectivity index (χ4n) is 1.84. The van der Waals surface area contributed by atoms with Crippen molar-refractivity contribution in [1.29, 1.82) is 0 Å². The van der Waals surface area contributed by atoms with Gasteiger partial charge in [0.15, 0.2) is 0 Å². The molecule has 2 rings (SSSR count). The van der Waals surface area contributed by atoms with Crippen molar-refractivity contribution in [2.24, 2.45) is 0 Å². The van der Waals surface area contributed by atoms with Gasteiger partial charge in [-0.05, 0) is 36.4 Å². The zero-order valence-corrected chi connectivity index (χ0v) is 12.4. The highest BCUT2D eigenvalue weighted by atomic mass is 32.2. The zero-order valence-electron chi connectivity index (χ0n) is 11.6. The number of rotatable bonds is 4. The van der Waals surface area contributed by atoms with Gasteiger partial charge >= 0.3 is 5.97 Å². The minimum atomic E-state index is -4.55. The van der Waals surface area contributed by atoms with E-state index in [0.717, 1.165) is 18.2 Å². The normalized spacial score (nSPS) is 11.0. The van der Waals surface area contributed by atoms with Gasteiger partial charge in [0, 0.05) is 11.3 Å². The molecule has 5 N–H and O–H groups in total. The Kier molecular flexibility index (Phi) is 4.34. The lowest BCUT2D eigenvalue weighted by molar-refractivity contribution is 0.0697. The quantitative estimate of drug-likeness (QED) is 0.488. The minimum Gasteiger partial charge on any atom is -0.478 e. The largest absolute Gasteiger partial charge is 0.478 e. The number of hydrogen-bond donors (Lipinski definition) is 4. The van der Waals surface area contributed by atoms with Crippen molar-refractivity contribution >= 4 is 33.4 Å². The number of aromatic carboxylic acids is 1. The van der Waals surface area contributed by atoms with Gasteiger partial charge in [-0.25, -0.2) is 4.79 Å². The summed E-state index contributed by atoms with van der Waals surface area (Å²) in [6.45, 7) is 0. The number of amides is 1. The number of benzene rings is 2. The molecule has 2 aromatic carbocycles. The third-order valence-electron chi connectivity index (χ3n) is 2.92. The van der Waals surface area contributed by atoms with Gasteiger partial charge in [-0.1, -0.05) is 6.07 Å². The molecule has 0 aliphatic rings. The second kappa shape index (κ2) is 6.07. The Hall–Kier alpha value is -2.91. The van der Waals surface area contributed by atoms with Crippen molar-refractivity contribution in [3.63, 3.8) is 0 Å². The van der Waals surface area contributed by atoms with Crippen LogP contribution in [0.25, 0.3) is 0 Å². The molecule has 9 heteroatoms. The molecule has 0 bridgehead atoms. The SMILES string of the molecule is Nc1cccc(C(=O)Nc2ccc(S(=O)(=O)O)cc2C(=O)O)c1. The standard InChI is InChI=1S/C14H12N2O6S/c15-9-3-1-2-8(6-9)13(17)16-12-5-4-10(23(20,21)22)7-11(12)14(18)19/h1-7H,15H2,(H,16,17)(H,18,19)(H,20,21,22). The number of anilines is 2. The van der Waals surface area contributed by atoms with Gasteiger partial charge in [-0.2, -0.15) is 8.42 Å². The van der Waals surface area contributed by atoms with Gasteiger partial charge in [0.25, 0.3) is 16.0 Å². The first-order valence-corrected chi connectivity index (χ1v) is 7.64. The number of nitrogens with two attached hydrogens (primary N) is 1. The van der Waals surface area contributed by atoms with Crippen molar-refractivity contribution in [3.8, 4) is 0 Å². The topological polar surface area (TPSA) is 147 Å². The maximum absolute atomic E-state index is 12.1. The Morgan fingerprint density at radius 2 is 1.78 bits per heavy atom. The second-order valence-corrected chi connectivity index (χ2v) is 5.99. The lowest BCUT2D eigenvalue weighted by Gasteiger charge is -2.10. The Labute approximate surface area is 131 Å². The van der Waals surface area contributed by atoms with Crippen molar-refractivity contribution in [2.45, 2.75) is 4.90 Å². The fourth-order valence-corrected chi connectivity index (χ4v) is 2.35. The molecule has 120 valence electrons. The maximum atomic E-state index is 12.1. The summed E-state index contributed by atoms with van der Waals surface area (Å²) in [7, 11) is -4.55. The van der Waals surface area contributed by atoms with E-state index >= 15 is 0 Å². The molecule has 2 aromatic rings. The summed E-state index contributed by atoms with van der Waals surface area (Å²) in [5.74, 6) is -2.07. The monoisotopic (exact) mass is 336 g/mol. The molecule has 0 aliphatic heterocycles. The highest BCUT2D eigenvalue weighted by Gasteiger charge is 2.18. The van der Waals surface area contributed by atoms with Crippen LogP contribution >= 0.6 is 0 Å². The predicted octanol–water partition coefficient (Wildman–Crippen LogP) is 1.47. The Balaban J connectivity index is 2.40. The van der Waals surface area contributed by atoms with Crippen molar-refractivity contribution in [1.82, 2.24) is 0 Å². The molecule has 0 atom stereocenters. The summed E-state index contributed by atoms with van der Waals surface area (Å²) in [6.07, 6.45) is 0. The average molecular weight is 336 g/mol.